The van der Waals surface area contributed by atoms with Crippen molar-refractivity contribution in [1.29, 1.82) is 0 Å². The molecule has 1 saturated heterocycles. The van der Waals surface area contributed by atoms with E-state index < -0.39 is 0 Å². The highest BCUT2D eigenvalue weighted by Gasteiger charge is 2.23. The lowest BCUT2D eigenvalue weighted by atomic mass is 10.1. The number of likely N-dealkylation sites (tertiary alicyclic amines) is 1. The summed E-state index contributed by atoms with van der Waals surface area (Å²) in [4.78, 5) is 17.7. The summed E-state index contributed by atoms with van der Waals surface area (Å²) in [5, 5.41) is 11.8. The summed E-state index contributed by atoms with van der Waals surface area (Å²) in [6.45, 7) is 2.29. The molecule has 2 N–H and O–H groups in total. The molecule has 0 unspecified atom stereocenters. The molecule has 5 heteroatoms. The minimum Gasteiger partial charge on any atom is -0.396 e. The number of pyridine rings is 1. The molecule has 1 fully saturated rings. The number of hydrogen-bond acceptors (Lipinski definition) is 4. The van der Waals surface area contributed by atoms with Crippen molar-refractivity contribution in [2.24, 2.45) is 5.92 Å². The van der Waals surface area contributed by atoms with Gasteiger partial charge in [0, 0.05) is 31.2 Å². The van der Waals surface area contributed by atoms with Crippen molar-refractivity contribution in [3.63, 3.8) is 0 Å². The molecule has 0 aromatic carbocycles. The van der Waals surface area contributed by atoms with Crippen LogP contribution in [0.4, 0.5) is 5.69 Å². The fraction of sp³-hybridized carbons (Fsp3) is 0.500. The van der Waals surface area contributed by atoms with Gasteiger partial charge in [0.2, 0.25) is 5.91 Å². The highest BCUT2D eigenvalue weighted by atomic mass is 16.3. The van der Waals surface area contributed by atoms with Crippen LogP contribution in [0.15, 0.2) is 24.5 Å². The van der Waals surface area contributed by atoms with Crippen LogP contribution in [0.5, 0.6) is 0 Å². The number of hydrogen-bond donors (Lipinski definition) is 2. The van der Waals surface area contributed by atoms with Gasteiger partial charge in [-0.15, -0.1) is 0 Å². The fourth-order valence-corrected chi connectivity index (χ4v) is 2.04. The number of aliphatic hydroxyl groups is 1. The molecule has 92 valence electrons. The normalized spacial score (nSPS) is 20.4. The number of carbonyl (C=O) groups excluding carboxylic acids is 1. The second kappa shape index (κ2) is 5.75. The molecule has 0 aliphatic carbocycles. The quantitative estimate of drug-likeness (QED) is 0.789. The second-order valence-corrected chi connectivity index (χ2v) is 4.36. The van der Waals surface area contributed by atoms with Crippen molar-refractivity contribution in [3.05, 3.63) is 24.5 Å². The van der Waals surface area contributed by atoms with Gasteiger partial charge in [-0.1, -0.05) is 0 Å². The van der Waals surface area contributed by atoms with Gasteiger partial charge in [-0.2, -0.15) is 0 Å². The smallest absolute Gasteiger partial charge is 0.238 e. The van der Waals surface area contributed by atoms with E-state index in [-0.39, 0.29) is 12.5 Å². The summed E-state index contributed by atoms with van der Waals surface area (Å²) in [5.41, 5.74) is 0.767. The van der Waals surface area contributed by atoms with Gasteiger partial charge < -0.3 is 10.4 Å². The topological polar surface area (TPSA) is 65.5 Å². The Kier molecular flexibility index (Phi) is 4.06. The molecule has 1 aromatic rings. The average Bonchev–Trinajstić information content (AvgIpc) is 2.78. The van der Waals surface area contributed by atoms with E-state index in [1.165, 1.54) is 0 Å². The van der Waals surface area contributed by atoms with Crippen LogP contribution in [-0.2, 0) is 4.79 Å². The minimum absolute atomic E-state index is 0.0187. The predicted octanol–water partition coefficient (Wildman–Crippen LogP) is 0.334. The Balaban J connectivity index is 1.78. The maximum absolute atomic E-state index is 11.7. The summed E-state index contributed by atoms with van der Waals surface area (Å²) < 4.78 is 0. The molecule has 17 heavy (non-hydrogen) atoms. The summed E-state index contributed by atoms with van der Waals surface area (Å²) >= 11 is 0. The Morgan fingerprint density at radius 2 is 2.29 bits per heavy atom. The molecule has 1 atom stereocenters. The van der Waals surface area contributed by atoms with E-state index in [4.69, 9.17) is 5.11 Å². The first kappa shape index (κ1) is 12.0. The number of rotatable bonds is 4. The van der Waals surface area contributed by atoms with Crippen LogP contribution in [0.3, 0.4) is 0 Å². The van der Waals surface area contributed by atoms with Crippen molar-refractivity contribution in [3.8, 4) is 0 Å². The Morgan fingerprint density at radius 1 is 1.53 bits per heavy atom. The van der Waals surface area contributed by atoms with E-state index >= 15 is 0 Å². The third-order valence-electron chi connectivity index (χ3n) is 2.96. The molecular weight excluding hydrogens is 218 g/mol. The molecule has 0 spiro atoms. The third kappa shape index (κ3) is 3.51. The Labute approximate surface area is 100 Å². The lowest BCUT2D eigenvalue weighted by Gasteiger charge is -2.14. The Hall–Kier alpha value is -1.46. The maximum Gasteiger partial charge on any atom is 0.238 e. The molecule has 1 aromatic heterocycles. The Bertz CT molecular complexity index is 369. The molecule has 5 nitrogen and oxygen atoms in total. The second-order valence-electron chi connectivity index (χ2n) is 4.36. The van der Waals surface area contributed by atoms with Gasteiger partial charge in [0.15, 0.2) is 0 Å². The van der Waals surface area contributed by atoms with Crippen LogP contribution in [-0.4, -0.2) is 47.1 Å². The van der Waals surface area contributed by atoms with Crippen LogP contribution in [0.2, 0.25) is 0 Å². The molecule has 1 amide bonds. The number of aromatic nitrogens is 1. The highest BCUT2D eigenvalue weighted by Crippen LogP contribution is 2.15. The zero-order valence-electron chi connectivity index (χ0n) is 9.67. The van der Waals surface area contributed by atoms with Gasteiger partial charge in [-0.25, -0.2) is 0 Å². The predicted molar refractivity (Wildman–Crippen MR) is 64.5 cm³/mol. The molecule has 0 saturated carbocycles. The molecular formula is C12H17N3O2. The zero-order valence-corrected chi connectivity index (χ0v) is 9.67. The van der Waals surface area contributed by atoms with E-state index in [9.17, 15) is 4.79 Å². The van der Waals surface area contributed by atoms with E-state index in [1.54, 1.807) is 24.5 Å². The molecule has 2 heterocycles. The van der Waals surface area contributed by atoms with Crippen LogP contribution < -0.4 is 5.32 Å². The fourth-order valence-electron chi connectivity index (χ4n) is 2.04. The molecule has 2 rings (SSSR count). The molecule has 1 aliphatic heterocycles. The first-order valence-electron chi connectivity index (χ1n) is 5.81. The van der Waals surface area contributed by atoms with E-state index in [2.05, 4.69) is 15.2 Å². The number of amides is 1. The standard InChI is InChI=1S/C12H17N3O2/c16-9-10-3-6-15(7-10)8-12(17)14-11-1-4-13-5-2-11/h1-2,4-5,10,16H,3,6-9H2,(H,13,14,17)/t10-/m1/s1. The highest BCUT2D eigenvalue weighted by molar-refractivity contribution is 5.92. The van der Waals surface area contributed by atoms with Crippen molar-refractivity contribution in [2.75, 3.05) is 31.6 Å². The number of carbonyl (C=O) groups is 1. The van der Waals surface area contributed by atoms with E-state index in [0.717, 1.165) is 25.2 Å². The van der Waals surface area contributed by atoms with Gasteiger partial charge in [-0.05, 0) is 31.0 Å². The first-order valence-corrected chi connectivity index (χ1v) is 5.81. The number of anilines is 1. The van der Waals surface area contributed by atoms with Crippen molar-refractivity contribution in [2.45, 2.75) is 6.42 Å². The van der Waals surface area contributed by atoms with Gasteiger partial charge in [-0.3, -0.25) is 14.7 Å². The van der Waals surface area contributed by atoms with Gasteiger partial charge >= 0.3 is 0 Å². The SMILES string of the molecule is O=C(CN1CC[C@@H](CO)C1)Nc1ccncc1. The molecule has 1 aliphatic rings. The first-order chi connectivity index (χ1) is 8.28. The van der Waals surface area contributed by atoms with Crippen molar-refractivity contribution in [1.82, 2.24) is 9.88 Å². The van der Waals surface area contributed by atoms with Crippen LogP contribution in [0.25, 0.3) is 0 Å². The van der Waals surface area contributed by atoms with Crippen molar-refractivity contribution >= 4 is 11.6 Å². The number of nitrogens with zero attached hydrogens (tertiary/aromatic N) is 2. The molecule has 0 radical (unpaired) electrons. The largest absolute Gasteiger partial charge is 0.396 e. The number of aliphatic hydroxyl groups excluding tert-OH is 1. The summed E-state index contributed by atoms with van der Waals surface area (Å²) in [5.74, 6) is 0.304. The maximum atomic E-state index is 11.7. The average molecular weight is 235 g/mol. The summed E-state index contributed by atoms with van der Waals surface area (Å²) in [6, 6.07) is 3.52. The van der Waals surface area contributed by atoms with Crippen LogP contribution >= 0.6 is 0 Å². The van der Waals surface area contributed by atoms with E-state index in [0.29, 0.717) is 12.5 Å². The lowest BCUT2D eigenvalue weighted by Crippen LogP contribution is -2.31. The monoisotopic (exact) mass is 235 g/mol. The minimum atomic E-state index is -0.0187. The molecule has 0 bridgehead atoms. The van der Waals surface area contributed by atoms with Gasteiger partial charge in [0.1, 0.15) is 0 Å². The Morgan fingerprint density at radius 3 is 2.94 bits per heavy atom. The third-order valence-corrected chi connectivity index (χ3v) is 2.96. The van der Waals surface area contributed by atoms with Gasteiger partial charge in [0.25, 0.3) is 0 Å². The van der Waals surface area contributed by atoms with Crippen molar-refractivity contribution < 1.29 is 9.90 Å². The summed E-state index contributed by atoms with van der Waals surface area (Å²) in [6.07, 6.45) is 4.26. The van der Waals surface area contributed by atoms with E-state index in [1.807, 2.05) is 0 Å². The van der Waals surface area contributed by atoms with Crippen LogP contribution in [0, 0.1) is 5.92 Å². The lowest BCUT2D eigenvalue weighted by molar-refractivity contribution is -0.117. The summed E-state index contributed by atoms with van der Waals surface area (Å²) in [7, 11) is 0. The number of nitrogens with one attached hydrogen (secondary N) is 1. The van der Waals surface area contributed by atoms with Crippen LogP contribution in [0.1, 0.15) is 6.42 Å². The van der Waals surface area contributed by atoms with Gasteiger partial charge in [0.05, 0.1) is 6.54 Å². The zero-order chi connectivity index (χ0) is 12.1.